The van der Waals surface area contributed by atoms with Crippen molar-refractivity contribution < 1.29 is 8.42 Å². The Labute approximate surface area is 114 Å². The summed E-state index contributed by atoms with van der Waals surface area (Å²) in [5, 5.41) is 7.09. The number of nitrogens with two attached hydrogens (primary N) is 1. The Kier molecular flexibility index (Phi) is 3.78. The standard InChI is InChI=1S/C7H7BrN4O2S3/c8-5-2-1-4(15-5)3-10-17(13,14)7-12-11-6(9)16-7/h1-2,10H,3H2,(H2,9,11). The predicted octanol–water partition coefficient (Wildman–Crippen LogP) is 1.42. The molecule has 0 aliphatic rings. The van der Waals surface area contributed by atoms with Crippen LogP contribution >= 0.6 is 38.6 Å². The quantitative estimate of drug-likeness (QED) is 0.865. The number of sulfonamides is 1. The lowest BCUT2D eigenvalue weighted by atomic mass is 10.5. The van der Waals surface area contributed by atoms with E-state index in [1.54, 1.807) is 0 Å². The summed E-state index contributed by atoms with van der Waals surface area (Å²) in [6.07, 6.45) is 0. The van der Waals surface area contributed by atoms with Gasteiger partial charge in [0.15, 0.2) is 0 Å². The summed E-state index contributed by atoms with van der Waals surface area (Å²) >= 11 is 5.60. The van der Waals surface area contributed by atoms with Crippen molar-refractivity contribution in [2.75, 3.05) is 5.73 Å². The fraction of sp³-hybridized carbons (Fsp3) is 0.143. The van der Waals surface area contributed by atoms with Crippen molar-refractivity contribution in [3.05, 3.63) is 20.8 Å². The van der Waals surface area contributed by atoms with Gasteiger partial charge in [0.1, 0.15) is 0 Å². The SMILES string of the molecule is Nc1nnc(S(=O)(=O)NCc2ccc(Br)s2)s1. The average Bonchev–Trinajstić information content (AvgIpc) is 2.85. The summed E-state index contributed by atoms with van der Waals surface area (Å²) in [7, 11) is -3.62. The number of nitrogens with one attached hydrogen (secondary N) is 1. The van der Waals surface area contributed by atoms with Crippen molar-refractivity contribution in [2.45, 2.75) is 10.9 Å². The molecule has 0 atom stereocenters. The van der Waals surface area contributed by atoms with Crippen molar-refractivity contribution in [2.24, 2.45) is 0 Å². The number of rotatable bonds is 4. The van der Waals surface area contributed by atoms with Crippen molar-refractivity contribution >= 4 is 53.8 Å². The summed E-state index contributed by atoms with van der Waals surface area (Å²) < 4.78 is 26.8. The van der Waals surface area contributed by atoms with Crippen LogP contribution in [0.25, 0.3) is 0 Å². The van der Waals surface area contributed by atoms with Gasteiger partial charge in [-0.1, -0.05) is 11.3 Å². The zero-order valence-electron chi connectivity index (χ0n) is 8.25. The number of halogens is 1. The molecule has 0 unspecified atom stereocenters. The Morgan fingerprint density at radius 3 is 2.65 bits per heavy atom. The summed E-state index contributed by atoms with van der Waals surface area (Å²) in [5.41, 5.74) is 5.33. The molecule has 2 aromatic rings. The van der Waals surface area contributed by atoms with E-state index in [-0.39, 0.29) is 16.0 Å². The first-order valence-electron chi connectivity index (χ1n) is 4.30. The number of nitrogen functional groups attached to an aromatic ring is 1. The average molecular weight is 355 g/mol. The molecule has 17 heavy (non-hydrogen) atoms. The zero-order chi connectivity index (χ0) is 12.5. The molecule has 0 amide bonds. The molecular formula is C7H7BrN4O2S3. The van der Waals surface area contributed by atoms with Gasteiger partial charge in [0.05, 0.1) is 3.79 Å². The monoisotopic (exact) mass is 354 g/mol. The van der Waals surface area contributed by atoms with Crippen molar-refractivity contribution in [3.63, 3.8) is 0 Å². The highest BCUT2D eigenvalue weighted by Gasteiger charge is 2.19. The normalized spacial score (nSPS) is 11.8. The third kappa shape index (κ3) is 3.22. The number of anilines is 1. The van der Waals surface area contributed by atoms with Gasteiger partial charge in [0, 0.05) is 11.4 Å². The van der Waals surface area contributed by atoms with Crippen LogP contribution in [-0.2, 0) is 16.6 Å². The Hall–Kier alpha value is -0.550. The van der Waals surface area contributed by atoms with Gasteiger partial charge in [0.2, 0.25) is 9.47 Å². The van der Waals surface area contributed by atoms with Gasteiger partial charge in [-0.2, -0.15) is 0 Å². The number of hydrogen-bond acceptors (Lipinski definition) is 7. The number of aromatic nitrogens is 2. The van der Waals surface area contributed by atoms with Crippen LogP contribution in [0.4, 0.5) is 5.13 Å². The highest BCUT2D eigenvalue weighted by molar-refractivity contribution is 9.11. The van der Waals surface area contributed by atoms with E-state index < -0.39 is 10.0 Å². The lowest BCUT2D eigenvalue weighted by molar-refractivity contribution is 0.580. The van der Waals surface area contributed by atoms with Crippen molar-refractivity contribution in [1.82, 2.24) is 14.9 Å². The molecule has 0 radical (unpaired) electrons. The maximum absolute atomic E-state index is 11.8. The second-order valence-corrected chi connectivity index (χ2v) is 8.43. The van der Waals surface area contributed by atoms with Gasteiger partial charge < -0.3 is 5.73 Å². The topological polar surface area (TPSA) is 98.0 Å². The summed E-state index contributed by atoms with van der Waals surface area (Å²) in [4.78, 5) is 0.901. The van der Waals surface area contributed by atoms with Crippen LogP contribution in [0.1, 0.15) is 4.88 Å². The largest absolute Gasteiger partial charge is 0.374 e. The van der Waals surface area contributed by atoms with Crippen LogP contribution in [0.3, 0.4) is 0 Å². The smallest absolute Gasteiger partial charge is 0.270 e. The number of thiophene rings is 1. The molecule has 2 aromatic heterocycles. The minimum absolute atomic E-state index is 0.120. The van der Waals surface area contributed by atoms with E-state index >= 15 is 0 Å². The number of nitrogens with zero attached hydrogens (tertiary/aromatic N) is 2. The molecule has 0 bridgehead atoms. The van der Waals surface area contributed by atoms with Gasteiger partial charge in [-0.15, -0.1) is 21.5 Å². The van der Waals surface area contributed by atoms with Gasteiger partial charge >= 0.3 is 0 Å². The Bertz CT molecular complexity index is 621. The molecular weight excluding hydrogens is 348 g/mol. The Balaban J connectivity index is 2.08. The molecule has 0 aliphatic heterocycles. The first-order chi connectivity index (χ1) is 7.97. The van der Waals surface area contributed by atoms with Crippen LogP contribution in [0.2, 0.25) is 0 Å². The maximum atomic E-state index is 11.8. The van der Waals surface area contributed by atoms with Crippen molar-refractivity contribution in [1.29, 1.82) is 0 Å². The maximum Gasteiger partial charge on any atom is 0.270 e. The molecule has 0 saturated carbocycles. The van der Waals surface area contributed by atoms with E-state index in [9.17, 15) is 8.42 Å². The summed E-state index contributed by atoms with van der Waals surface area (Å²) in [6.45, 7) is 0.220. The third-order valence-corrected chi connectivity index (χ3v) is 5.86. The highest BCUT2D eigenvalue weighted by Crippen LogP contribution is 2.22. The molecule has 2 rings (SSSR count). The van der Waals surface area contributed by atoms with Gasteiger partial charge in [-0.25, -0.2) is 13.1 Å². The van der Waals surface area contributed by atoms with E-state index in [2.05, 4.69) is 30.8 Å². The Morgan fingerprint density at radius 1 is 1.35 bits per heavy atom. The van der Waals surface area contributed by atoms with Crippen LogP contribution in [-0.4, -0.2) is 18.6 Å². The fourth-order valence-corrected chi connectivity index (χ4v) is 4.35. The van der Waals surface area contributed by atoms with Crippen LogP contribution in [0, 0.1) is 0 Å². The molecule has 0 aliphatic carbocycles. The minimum Gasteiger partial charge on any atom is -0.374 e. The lowest BCUT2D eigenvalue weighted by Crippen LogP contribution is -2.22. The van der Waals surface area contributed by atoms with Gasteiger partial charge in [-0.3, -0.25) is 0 Å². The van der Waals surface area contributed by atoms with E-state index in [0.717, 1.165) is 20.0 Å². The zero-order valence-corrected chi connectivity index (χ0v) is 12.3. The fourth-order valence-electron chi connectivity index (χ4n) is 1.00. The second-order valence-electron chi connectivity index (χ2n) is 2.94. The third-order valence-electron chi connectivity index (χ3n) is 1.72. The molecule has 92 valence electrons. The van der Waals surface area contributed by atoms with E-state index in [1.165, 1.54) is 11.3 Å². The Morgan fingerprint density at radius 2 is 2.12 bits per heavy atom. The highest BCUT2D eigenvalue weighted by atomic mass is 79.9. The molecule has 0 aromatic carbocycles. The van der Waals surface area contributed by atoms with E-state index in [4.69, 9.17) is 5.73 Å². The van der Waals surface area contributed by atoms with Gasteiger partial charge in [-0.05, 0) is 28.1 Å². The number of hydrogen-bond donors (Lipinski definition) is 2. The van der Waals surface area contributed by atoms with E-state index in [0.29, 0.717) is 0 Å². The predicted molar refractivity (Wildman–Crippen MR) is 70.4 cm³/mol. The minimum atomic E-state index is -3.62. The molecule has 6 nitrogen and oxygen atoms in total. The summed E-state index contributed by atoms with van der Waals surface area (Å²) in [6, 6.07) is 3.70. The molecule has 10 heteroatoms. The van der Waals surface area contributed by atoms with Crippen molar-refractivity contribution in [3.8, 4) is 0 Å². The first kappa shape index (κ1) is 12.9. The molecule has 2 heterocycles. The molecule has 0 saturated heterocycles. The summed E-state index contributed by atoms with van der Waals surface area (Å²) in [5.74, 6) is 0. The van der Waals surface area contributed by atoms with Crippen LogP contribution in [0.5, 0.6) is 0 Å². The molecule has 0 spiro atoms. The molecule has 0 fully saturated rings. The van der Waals surface area contributed by atoms with E-state index in [1.807, 2.05) is 12.1 Å². The second kappa shape index (κ2) is 4.98. The van der Waals surface area contributed by atoms with Gasteiger partial charge in [0.25, 0.3) is 10.0 Å². The lowest BCUT2D eigenvalue weighted by Gasteiger charge is -2.00. The molecule has 3 N–H and O–H groups in total. The van der Waals surface area contributed by atoms with Crippen LogP contribution in [0.15, 0.2) is 20.3 Å². The first-order valence-corrected chi connectivity index (χ1v) is 8.21. The van der Waals surface area contributed by atoms with Crippen LogP contribution < -0.4 is 10.5 Å².